The van der Waals surface area contributed by atoms with Crippen molar-refractivity contribution in [3.8, 4) is 0 Å². The number of nitrogens with zero attached hydrogens (tertiary/aromatic N) is 1. The summed E-state index contributed by atoms with van der Waals surface area (Å²) in [7, 11) is 0. The zero-order chi connectivity index (χ0) is 15.2. The van der Waals surface area contributed by atoms with E-state index in [2.05, 4.69) is 15.8 Å². The van der Waals surface area contributed by atoms with Crippen molar-refractivity contribution in [1.29, 1.82) is 0 Å². The zero-order valence-corrected chi connectivity index (χ0v) is 11.6. The van der Waals surface area contributed by atoms with Gasteiger partial charge in [0.2, 0.25) is 0 Å². The van der Waals surface area contributed by atoms with Crippen LogP contribution in [0.2, 0.25) is 0 Å². The summed E-state index contributed by atoms with van der Waals surface area (Å²) in [6.07, 6.45) is 1.34. The number of aromatic nitrogens is 1. The van der Waals surface area contributed by atoms with Gasteiger partial charge >= 0.3 is 0 Å². The second-order valence-electron chi connectivity index (χ2n) is 4.34. The lowest BCUT2D eigenvalue weighted by Crippen LogP contribution is -2.30. The van der Waals surface area contributed by atoms with Crippen molar-refractivity contribution in [1.82, 2.24) is 10.5 Å². The van der Waals surface area contributed by atoms with Gasteiger partial charge in [0.25, 0.3) is 11.8 Å². The molecule has 0 fully saturated rings. The van der Waals surface area contributed by atoms with Gasteiger partial charge in [-0.2, -0.15) is 0 Å². The molecule has 1 aromatic heterocycles. The Morgan fingerprint density at radius 1 is 1.24 bits per heavy atom. The molecule has 7 nitrogen and oxygen atoms in total. The van der Waals surface area contributed by atoms with E-state index in [4.69, 9.17) is 10.3 Å². The summed E-state index contributed by atoms with van der Waals surface area (Å²) in [5.41, 5.74) is 6.46. The van der Waals surface area contributed by atoms with Crippen molar-refractivity contribution in [2.75, 3.05) is 18.4 Å². The molecular formula is C14H16N4O3. The van der Waals surface area contributed by atoms with Crippen LogP contribution in [0.25, 0.3) is 0 Å². The summed E-state index contributed by atoms with van der Waals surface area (Å²) >= 11 is 0. The molecule has 0 aliphatic carbocycles. The fourth-order valence-corrected chi connectivity index (χ4v) is 1.78. The number of anilines is 1. The SMILES string of the molecule is Cc1oncc1C(=O)Nc1ccccc1C(=O)NCCN. The van der Waals surface area contributed by atoms with Crippen LogP contribution in [0.5, 0.6) is 0 Å². The van der Waals surface area contributed by atoms with E-state index in [0.29, 0.717) is 35.7 Å². The highest BCUT2D eigenvalue weighted by molar-refractivity contribution is 6.09. The Bertz CT molecular complexity index is 651. The molecule has 0 radical (unpaired) electrons. The van der Waals surface area contributed by atoms with Crippen LogP contribution in [0.3, 0.4) is 0 Å². The second-order valence-corrected chi connectivity index (χ2v) is 4.34. The van der Waals surface area contributed by atoms with Gasteiger partial charge in [-0.25, -0.2) is 0 Å². The van der Waals surface area contributed by atoms with Gasteiger partial charge < -0.3 is 20.9 Å². The number of hydrogen-bond acceptors (Lipinski definition) is 5. The second kappa shape index (κ2) is 6.67. The van der Waals surface area contributed by atoms with E-state index in [-0.39, 0.29) is 11.8 Å². The summed E-state index contributed by atoms with van der Waals surface area (Å²) in [6, 6.07) is 6.73. The summed E-state index contributed by atoms with van der Waals surface area (Å²) < 4.78 is 4.85. The highest BCUT2D eigenvalue weighted by Gasteiger charge is 2.16. The van der Waals surface area contributed by atoms with Gasteiger partial charge in [0.1, 0.15) is 11.3 Å². The van der Waals surface area contributed by atoms with Gasteiger partial charge in [-0.05, 0) is 19.1 Å². The molecular weight excluding hydrogens is 272 g/mol. The first-order valence-electron chi connectivity index (χ1n) is 6.43. The maximum absolute atomic E-state index is 12.1. The quantitative estimate of drug-likeness (QED) is 0.758. The molecule has 2 aromatic rings. The fraction of sp³-hybridized carbons (Fsp3) is 0.214. The molecule has 0 saturated heterocycles. The number of aryl methyl sites for hydroxylation is 1. The Balaban J connectivity index is 2.19. The topological polar surface area (TPSA) is 110 Å². The molecule has 21 heavy (non-hydrogen) atoms. The van der Waals surface area contributed by atoms with Crippen LogP contribution in [0.4, 0.5) is 5.69 Å². The van der Waals surface area contributed by atoms with Crippen LogP contribution >= 0.6 is 0 Å². The lowest BCUT2D eigenvalue weighted by Gasteiger charge is -2.10. The minimum absolute atomic E-state index is 0.293. The van der Waals surface area contributed by atoms with Gasteiger partial charge in [0.15, 0.2) is 0 Å². The summed E-state index contributed by atoms with van der Waals surface area (Å²) in [6.45, 7) is 2.35. The van der Waals surface area contributed by atoms with E-state index in [1.54, 1.807) is 31.2 Å². The van der Waals surface area contributed by atoms with E-state index in [9.17, 15) is 9.59 Å². The van der Waals surface area contributed by atoms with Crippen LogP contribution in [0.1, 0.15) is 26.5 Å². The molecule has 0 aliphatic heterocycles. The third-order valence-electron chi connectivity index (χ3n) is 2.85. The Hall–Kier alpha value is -2.67. The number of carbonyl (C=O) groups is 2. The van der Waals surface area contributed by atoms with Crippen LogP contribution in [-0.2, 0) is 0 Å². The van der Waals surface area contributed by atoms with Crippen molar-refractivity contribution < 1.29 is 14.1 Å². The molecule has 0 unspecified atom stereocenters. The lowest BCUT2D eigenvalue weighted by molar-refractivity contribution is 0.0955. The predicted octanol–water partition coefficient (Wildman–Crippen LogP) is 0.924. The molecule has 2 amide bonds. The number of amides is 2. The first-order chi connectivity index (χ1) is 10.1. The molecule has 0 spiro atoms. The molecule has 0 aliphatic rings. The molecule has 1 aromatic carbocycles. The first-order valence-corrected chi connectivity index (χ1v) is 6.43. The third kappa shape index (κ3) is 3.46. The molecule has 7 heteroatoms. The van der Waals surface area contributed by atoms with E-state index in [1.807, 2.05) is 0 Å². The summed E-state index contributed by atoms with van der Waals surface area (Å²) in [4.78, 5) is 24.1. The number of para-hydroxylation sites is 1. The molecule has 1 heterocycles. The maximum atomic E-state index is 12.1. The minimum Gasteiger partial charge on any atom is -0.361 e. The largest absolute Gasteiger partial charge is 0.361 e. The van der Waals surface area contributed by atoms with Gasteiger partial charge in [-0.15, -0.1) is 0 Å². The van der Waals surface area contributed by atoms with Gasteiger partial charge in [-0.1, -0.05) is 17.3 Å². The summed E-state index contributed by atoms with van der Waals surface area (Å²) in [5, 5.41) is 8.90. The molecule has 0 atom stereocenters. The van der Waals surface area contributed by atoms with Gasteiger partial charge in [0.05, 0.1) is 17.4 Å². The first kappa shape index (κ1) is 14.7. The van der Waals surface area contributed by atoms with Gasteiger partial charge in [-0.3, -0.25) is 9.59 Å². The fourth-order valence-electron chi connectivity index (χ4n) is 1.78. The van der Waals surface area contributed by atoms with Crippen LogP contribution < -0.4 is 16.4 Å². The van der Waals surface area contributed by atoms with Gasteiger partial charge in [0, 0.05) is 13.1 Å². The number of nitrogens with two attached hydrogens (primary N) is 1. The number of hydrogen-bond donors (Lipinski definition) is 3. The highest BCUT2D eigenvalue weighted by Crippen LogP contribution is 2.17. The Labute approximate surface area is 121 Å². The average Bonchev–Trinajstić information content (AvgIpc) is 2.91. The Morgan fingerprint density at radius 2 is 2.00 bits per heavy atom. The average molecular weight is 288 g/mol. The molecule has 4 N–H and O–H groups in total. The summed E-state index contributed by atoms with van der Waals surface area (Å²) in [5.74, 6) is -0.260. The van der Waals surface area contributed by atoms with E-state index in [1.165, 1.54) is 6.20 Å². The lowest BCUT2D eigenvalue weighted by atomic mass is 10.1. The van der Waals surface area contributed by atoms with Crippen molar-refractivity contribution in [2.24, 2.45) is 5.73 Å². The Kier molecular flexibility index (Phi) is 4.68. The van der Waals surface area contributed by atoms with Crippen molar-refractivity contribution in [3.05, 3.63) is 47.3 Å². The smallest absolute Gasteiger partial charge is 0.260 e. The molecule has 0 saturated carbocycles. The van der Waals surface area contributed by atoms with E-state index < -0.39 is 0 Å². The number of nitrogens with one attached hydrogen (secondary N) is 2. The molecule has 0 bridgehead atoms. The third-order valence-corrected chi connectivity index (χ3v) is 2.85. The van der Waals surface area contributed by atoms with E-state index in [0.717, 1.165) is 0 Å². The number of rotatable bonds is 5. The molecule has 110 valence electrons. The zero-order valence-electron chi connectivity index (χ0n) is 11.6. The van der Waals surface area contributed by atoms with Crippen LogP contribution in [-0.4, -0.2) is 30.1 Å². The maximum Gasteiger partial charge on any atom is 0.260 e. The molecule has 2 rings (SSSR count). The van der Waals surface area contributed by atoms with E-state index >= 15 is 0 Å². The predicted molar refractivity (Wildman–Crippen MR) is 77.0 cm³/mol. The highest BCUT2D eigenvalue weighted by atomic mass is 16.5. The van der Waals surface area contributed by atoms with Crippen molar-refractivity contribution in [2.45, 2.75) is 6.92 Å². The van der Waals surface area contributed by atoms with Crippen LogP contribution in [0, 0.1) is 6.92 Å². The normalized spacial score (nSPS) is 10.2. The van der Waals surface area contributed by atoms with Crippen LogP contribution in [0.15, 0.2) is 35.0 Å². The van der Waals surface area contributed by atoms with Crippen molar-refractivity contribution >= 4 is 17.5 Å². The van der Waals surface area contributed by atoms with Crippen molar-refractivity contribution in [3.63, 3.8) is 0 Å². The Morgan fingerprint density at radius 3 is 2.67 bits per heavy atom. The number of carbonyl (C=O) groups excluding carboxylic acids is 2. The standard InChI is InChI=1S/C14H16N4O3/c1-9-11(8-17-21-9)14(20)18-12-5-3-2-4-10(12)13(19)16-7-6-15/h2-5,8H,6-7,15H2,1H3,(H,16,19)(H,18,20). The minimum atomic E-state index is -0.382. The number of benzene rings is 1. The monoisotopic (exact) mass is 288 g/mol.